The molecule has 2 fully saturated rings. The van der Waals surface area contributed by atoms with E-state index in [1.165, 1.54) is 6.26 Å². The van der Waals surface area contributed by atoms with Crippen LogP contribution in [0.1, 0.15) is 39.0 Å². The molecule has 0 saturated carbocycles. The van der Waals surface area contributed by atoms with E-state index in [0.29, 0.717) is 38.1 Å². The van der Waals surface area contributed by atoms with Crippen LogP contribution >= 0.6 is 0 Å². The van der Waals surface area contributed by atoms with Gasteiger partial charge in [-0.25, -0.2) is 12.7 Å². The largest absolute Gasteiger partial charge is 0.381 e. The highest BCUT2D eigenvalue weighted by Crippen LogP contribution is 2.24. The first-order valence-electron chi connectivity index (χ1n) is 8.97. The maximum Gasteiger partial charge on any atom is 0.219 e. The van der Waals surface area contributed by atoms with Crippen molar-refractivity contribution in [3.8, 4) is 0 Å². The lowest BCUT2D eigenvalue weighted by atomic mass is 9.98. The van der Waals surface area contributed by atoms with Crippen molar-refractivity contribution in [1.82, 2.24) is 14.5 Å². The van der Waals surface area contributed by atoms with Crippen LogP contribution in [0.5, 0.6) is 0 Å². The zero-order valence-corrected chi connectivity index (χ0v) is 15.7. The first-order valence-corrected chi connectivity index (χ1v) is 10.8. The standard InChI is InChI=1S/C16H31N3O4S/c1-3-16(20)17-8-11-19(15-6-12-23-13-7-15)14-4-9-18(10-5-14)24(2,21)22/h14-15H,3-13H2,1-2H3,(H,17,20). The number of nitrogens with zero attached hydrogens (tertiary/aromatic N) is 2. The van der Waals surface area contributed by atoms with Gasteiger partial charge in [0.15, 0.2) is 0 Å². The van der Waals surface area contributed by atoms with Crippen LogP contribution in [0.15, 0.2) is 0 Å². The van der Waals surface area contributed by atoms with Crippen molar-refractivity contribution in [3.05, 3.63) is 0 Å². The Balaban J connectivity index is 1.93. The molecule has 1 amide bonds. The molecular weight excluding hydrogens is 330 g/mol. The van der Waals surface area contributed by atoms with Crippen molar-refractivity contribution in [3.63, 3.8) is 0 Å². The van der Waals surface area contributed by atoms with E-state index in [1.54, 1.807) is 4.31 Å². The van der Waals surface area contributed by atoms with Crippen molar-refractivity contribution in [2.24, 2.45) is 0 Å². The molecule has 0 bridgehead atoms. The number of carbonyl (C=O) groups excluding carboxylic acids is 1. The van der Waals surface area contributed by atoms with Crippen LogP contribution in [-0.2, 0) is 19.6 Å². The average Bonchev–Trinajstić information content (AvgIpc) is 2.58. The van der Waals surface area contributed by atoms with Gasteiger partial charge < -0.3 is 10.1 Å². The molecule has 2 aliphatic rings. The van der Waals surface area contributed by atoms with Gasteiger partial charge in [0.2, 0.25) is 15.9 Å². The number of piperidine rings is 1. The van der Waals surface area contributed by atoms with Gasteiger partial charge >= 0.3 is 0 Å². The number of hydrogen-bond acceptors (Lipinski definition) is 5. The molecule has 0 aromatic carbocycles. The lowest BCUT2D eigenvalue weighted by Gasteiger charge is -2.43. The first kappa shape index (κ1) is 19.6. The summed E-state index contributed by atoms with van der Waals surface area (Å²) < 4.78 is 30.4. The van der Waals surface area contributed by atoms with Gasteiger partial charge in [-0.15, -0.1) is 0 Å². The van der Waals surface area contributed by atoms with Crippen molar-refractivity contribution in [1.29, 1.82) is 0 Å². The van der Waals surface area contributed by atoms with E-state index in [0.717, 1.165) is 45.4 Å². The van der Waals surface area contributed by atoms with E-state index < -0.39 is 10.0 Å². The molecule has 140 valence electrons. The van der Waals surface area contributed by atoms with Crippen molar-refractivity contribution >= 4 is 15.9 Å². The minimum atomic E-state index is -3.09. The Kier molecular flexibility index (Phi) is 7.46. The Morgan fingerprint density at radius 1 is 1.17 bits per heavy atom. The van der Waals surface area contributed by atoms with Crippen LogP contribution in [0, 0.1) is 0 Å². The minimum Gasteiger partial charge on any atom is -0.381 e. The Hall–Kier alpha value is -0.700. The molecule has 2 aliphatic heterocycles. The van der Waals surface area contributed by atoms with E-state index in [1.807, 2.05) is 6.92 Å². The number of ether oxygens (including phenoxy) is 1. The highest BCUT2D eigenvalue weighted by atomic mass is 32.2. The summed E-state index contributed by atoms with van der Waals surface area (Å²) in [5.74, 6) is 0.0776. The van der Waals surface area contributed by atoms with Crippen LogP contribution in [0.4, 0.5) is 0 Å². The van der Waals surface area contributed by atoms with Crippen molar-refractivity contribution in [2.45, 2.75) is 51.1 Å². The van der Waals surface area contributed by atoms with E-state index in [4.69, 9.17) is 4.74 Å². The van der Waals surface area contributed by atoms with Gasteiger partial charge in [-0.2, -0.15) is 0 Å². The summed E-state index contributed by atoms with van der Waals surface area (Å²) in [4.78, 5) is 14.0. The third-order valence-corrected chi connectivity index (χ3v) is 6.34. The molecule has 1 N–H and O–H groups in total. The second-order valence-corrected chi connectivity index (χ2v) is 8.66. The molecule has 2 saturated heterocycles. The second-order valence-electron chi connectivity index (χ2n) is 6.68. The molecule has 0 aliphatic carbocycles. The van der Waals surface area contributed by atoms with Crippen molar-refractivity contribution < 1.29 is 17.9 Å². The SMILES string of the molecule is CCC(=O)NCCN(C1CCOCC1)C1CCN(S(C)(=O)=O)CC1. The summed E-state index contributed by atoms with van der Waals surface area (Å²) in [6, 6.07) is 0.844. The predicted molar refractivity (Wildman–Crippen MR) is 93.3 cm³/mol. The fourth-order valence-electron chi connectivity index (χ4n) is 3.63. The van der Waals surface area contributed by atoms with Gasteiger partial charge in [0.25, 0.3) is 0 Å². The fraction of sp³-hybridized carbons (Fsp3) is 0.938. The number of amides is 1. The Bertz CT molecular complexity index is 497. The molecule has 0 atom stereocenters. The van der Waals surface area contributed by atoms with Crippen LogP contribution in [0.25, 0.3) is 0 Å². The number of carbonyl (C=O) groups is 1. The van der Waals surface area contributed by atoms with E-state index >= 15 is 0 Å². The Morgan fingerprint density at radius 3 is 2.29 bits per heavy atom. The number of rotatable bonds is 7. The second kappa shape index (κ2) is 9.12. The predicted octanol–water partition coefficient (Wildman–Crippen LogP) is 0.418. The third kappa shape index (κ3) is 5.68. The van der Waals surface area contributed by atoms with Crippen LogP contribution in [0.3, 0.4) is 0 Å². The molecular formula is C16H31N3O4S. The molecule has 0 aromatic rings. The Morgan fingerprint density at radius 2 is 1.75 bits per heavy atom. The van der Waals surface area contributed by atoms with Crippen molar-refractivity contribution in [2.75, 3.05) is 45.6 Å². The van der Waals surface area contributed by atoms with Crippen LogP contribution < -0.4 is 5.32 Å². The fourth-order valence-corrected chi connectivity index (χ4v) is 4.51. The van der Waals surface area contributed by atoms with Gasteiger partial charge in [-0.3, -0.25) is 9.69 Å². The molecule has 2 rings (SSSR count). The first-order chi connectivity index (χ1) is 11.4. The molecule has 2 heterocycles. The summed E-state index contributed by atoms with van der Waals surface area (Å²) in [6.45, 7) is 6.06. The minimum absolute atomic E-state index is 0.0776. The highest BCUT2D eigenvalue weighted by molar-refractivity contribution is 7.88. The summed E-state index contributed by atoms with van der Waals surface area (Å²) >= 11 is 0. The summed E-state index contributed by atoms with van der Waals surface area (Å²) in [7, 11) is -3.09. The zero-order chi connectivity index (χ0) is 17.6. The smallest absolute Gasteiger partial charge is 0.219 e. The molecule has 0 unspecified atom stereocenters. The highest BCUT2D eigenvalue weighted by Gasteiger charge is 2.32. The number of sulfonamides is 1. The maximum atomic E-state index is 11.7. The molecule has 0 radical (unpaired) electrons. The monoisotopic (exact) mass is 361 g/mol. The van der Waals surface area contributed by atoms with Gasteiger partial charge in [-0.1, -0.05) is 6.92 Å². The van der Waals surface area contributed by atoms with E-state index in [2.05, 4.69) is 10.2 Å². The normalized spacial score (nSPS) is 22.0. The average molecular weight is 362 g/mol. The summed E-state index contributed by atoms with van der Waals surface area (Å²) in [5.41, 5.74) is 0. The third-order valence-electron chi connectivity index (χ3n) is 5.03. The lowest BCUT2D eigenvalue weighted by molar-refractivity contribution is -0.120. The zero-order valence-electron chi connectivity index (χ0n) is 14.9. The molecule has 0 spiro atoms. The topological polar surface area (TPSA) is 79.0 Å². The molecule has 8 heteroatoms. The van der Waals surface area contributed by atoms with Gasteiger partial charge in [0.05, 0.1) is 6.26 Å². The lowest BCUT2D eigenvalue weighted by Crippen LogP contribution is -2.53. The number of nitrogens with one attached hydrogen (secondary N) is 1. The number of hydrogen-bond donors (Lipinski definition) is 1. The molecule has 0 aromatic heterocycles. The van der Waals surface area contributed by atoms with Gasteiger partial charge in [0.1, 0.15) is 0 Å². The van der Waals surface area contributed by atoms with E-state index in [-0.39, 0.29) is 5.91 Å². The van der Waals surface area contributed by atoms with E-state index in [9.17, 15) is 13.2 Å². The molecule has 24 heavy (non-hydrogen) atoms. The quantitative estimate of drug-likeness (QED) is 0.711. The summed E-state index contributed by atoms with van der Waals surface area (Å²) in [5, 5.41) is 2.96. The maximum absolute atomic E-state index is 11.7. The Labute approximate surface area is 145 Å². The van der Waals surface area contributed by atoms with Crippen LogP contribution in [-0.4, -0.2) is 81.3 Å². The van der Waals surface area contributed by atoms with Gasteiger partial charge in [0, 0.05) is 57.9 Å². The molecule has 7 nitrogen and oxygen atoms in total. The van der Waals surface area contributed by atoms with Gasteiger partial charge in [-0.05, 0) is 25.7 Å². The van der Waals surface area contributed by atoms with Crippen LogP contribution in [0.2, 0.25) is 0 Å². The summed E-state index contributed by atoms with van der Waals surface area (Å²) in [6.07, 6.45) is 5.51.